The number of hydrogen-bond acceptors (Lipinski definition) is 3. The summed E-state index contributed by atoms with van der Waals surface area (Å²) < 4.78 is 1.93. The third-order valence-corrected chi connectivity index (χ3v) is 3.07. The van der Waals surface area contributed by atoms with Crippen molar-refractivity contribution >= 4 is 11.8 Å². The molecule has 2 aromatic heterocycles. The molecule has 0 radical (unpaired) electrons. The van der Waals surface area contributed by atoms with Gasteiger partial charge in [0.15, 0.2) is 0 Å². The summed E-state index contributed by atoms with van der Waals surface area (Å²) in [7, 11) is 0. The molecule has 0 aliphatic heterocycles. The maximum Gasteiger partial charge on any atom is 0.320 e. The van der Waals surface area contributed by atoms with Gasteiger partial charge >= 0.3 is 6.03 Å². The molecule has 110 valence electrons. The Balaban J connectivity index is 1.63. The number of nitrogens with zero attached hydrogens (tertiary/aromatic N) is 3. The number of para-hydroxylation sites is 1. The van der Waals surface area contributed by atoms with E-state index in [1.807, 2.05) is 47.2 Å². The average Bonchev–Trinajstić information content (AvgIpc) is 3.03. The Morgan fingerprint density at radius 2 is 1.82 bits per heavy atom. The number of anilines is 1. The minimum absolute atomic E-state index is 0.318. The number of carbonyl (C=O) groups is 1. The fourth-order valence-corrected chi connectivity index (χ4v) is 2.05. The van der Waals surface area contributed by atoms with Crippen molar-refractivity contribution in [2.24, 2.45) is 0 Å². The number of urea groups is 1. The van der Waals surface area contributed by atoms with Gasteiger partial charge in [-0.3, -0.25) is 5.32 Å². The van der Waals surface area contributed by atoms with Crippen LogP contribution in [0, 0.1) is 0 Å². The summed E-state index contributed by atoms with van der Waals surface area (Å²) in [4.78, 5) is 20.2. The molecule has 6 nitrogen and oxygen atoms in total. The molecule has 22 heavy (non-hydrogen) atoms. The number of carbonyl (C=O) groups excluding carboxylic acids is 1. The Kier molecular flexibility index (Phi) is 4.10. The normalized spacial score (nSPS) is 10.2. The standard InChI is InChI=1S/C16H15N5O/c22-16(20-14-8-4-5-9-17-14)19-12-15-18-10-11-21(15)13-6-2-1-3-7-13/h1-11H,12H2,(H2,17,19,20,22). The Morgan fingerprint density at radius 1 is 1.00 bits per heavy atom. The molecule has 1 aromatic carbocycles. The molecule has 0 fully saturated rings. The lowest BCUT2D eigenvalue weighted by atomic mass is 10.3. The van der Waals surface area contributed by atoms with E-state index in [0.717, 1.165) is 11.5 Å². The quantitative estimate of drug-likeness (QED) is 0.776. The molecule has 0 saturated carbocycles. The van der Waals surface area contributed by atoms with Crippen LogP contribution in [-0.4, -0.2) is 20.6 Å². The van der Waals surface area contributed by atoms with Crippen molar-refractivity contribution in [2.45, 2.75) is 6.54 Å². The van der Waals surface area contributed by atoms with E-state index in [2.05, 4.69) is 20.6 Å². The number of benzene rings is 1. The van der Waals surface area contributed by atoms with Crippen LogP contribution < -0.4 is 10.6 Å². The van der Waals surface area contributed by atoms with E-state index in [0.29, 0.717) is 12.4 Å². The molecule has 2 N–H and O–H groups in total. The second-order valence-corrected chi connectivity index (χ2v) is 4.57. The highest BCUT2D eigenvalue weighted by molar-refractivity contribution is 5.88. The topological polar surface area (TPSA) is 71.8 Å². The van der Waals surface area contributed by atoms with Crippen molar-refractivity contribution in [3.05, 3.63) is 72.9 Å². The zero-order valence-electron chi connectivity index (χ0n) is 11.8. The molecule has 0 unspecified atom stereocenters. The minimum atomic E-state index is -0.318. The summed E-state index contributed by atoms with van der Waals surface area (Å²) in [5, 5.41) is 5.44. The summed E-state index contributed by atoms with van der Waals surface area (Å²) in [6.07, 6.45) is 5.20. The van der Waals surface area contributed by atoms with Gasteiger partial charge < -0.3 is 9.88 Å². The van der Waals surface area contributed by atoms with E-state index in [4.69, 9.17) is 0 Å². The number of nitrogens with one attached hydrogen (secondary N) is 2. The van der Waals surface area contributed by atoms with E-state index in [-0.39, 0.29) is 6.03 Å². The van der Waals surface area contributed by atoms with Gasteiger partial charge in [0.05, 0.1) is 6.54 Å². The Labute approximate surface area is 127 Å². The van der Waals surface area contributed by atoms with Crippen LogP contribution in [0.15, 0.2) is 67.1 Å². The van der Waals surface area contributed by atoms with Gasteiger partial charge in [-0.2, -0.15) is 0 Å². The lowest BCUT2D eigenvalue weighted by Gasteiger charge is -2.09. The Morgan fingerprint density at radius 3 is 2.59 bits per heavy atom. The van der Waals surface area contributed by atoms with Crippen molar-refractivity contribution in [1.82, 2.24) is 19.9 Å². The van der Waals surface area contributed by atoms with Crippen LogP contribution in [0.4, 0.5) is 10.6 Å². The zero-order chi connectivity index (χ0) is 15.2. The summed E-state index contributed by atoms with van der Waals surface area (Å²) in [6, 6.07) is 14.9. The van der Waals surface area contributed by atoms with Crippen LogP contribution in [0.2, 0.25) is 0 Å². The van der Waals surface area contributed by atoms with Crippen molar-refractivity contribution in [1.29, 1.82) is 0 Å². The molecule has 0 bridgehead atoms. The maximum absolute atomic E-state index is 11.9. The van der Waals surface area contributed by atoms with Gasteiger partial charge in [-0.05, 0) is 24.3 Å². The van der Waals surface area contributed by atoms with Gasteiger partial charge in [-0.25, -0.2) is 14.8 Å². The third kappa shape index (κ3) is 3.29. The van der Waals surface area contributed by atoms with Crippen molar-refractivity contribution < 1.29 is 4.79 Å². The Bertz CT molecular complexity index is 739. The molecule has 0 saturated heterocycles. The van der Waals surface area contributed by atoms with Crippen LogP contribution >= 0.6 is 0 Å². The largest absolute Gasteiger partial charge is 0.331 e. The molecule has 3 rings (SSSR count). The molecular formula is C16H15N5O. The van der Waals surface area contributed by atoms with Crippen LogP contribution in [0.25, 0.3) is 5.69 Å². The summed E-state index contributed by atoms with van der Waals surface area (Å²) in [5.74, 6) is 1.26. The van der Waals surface area contributed by atoms with Gasteiger partial charge in [-0.1, -0.05) is 24.3 Å². The lowest BCUT2D eigenvalue weighted by molar-refractivity contribution is 0.251. The van der Waals surface area contributed by atoms with Crippen molar-refractivity contribution in [3.8, 4) is 5.69 Å². The van der Waals surface area contributed by atoms with Gasteiger partial charge in [0.1, 0.15) is 11.6 Å². The molecule has 2 heterocycles. The fourth-order valence-electron chi connectivity index (χ4n) is 2.05. The second kappa shape index (κ2) is 6.53. The first-order valence-corrected chi connectivity index (χ1v) is 6.86. The molecule has 0 spiro atoms. The average molecular weight is 293 g/mol. The summed E-state index contributed by atoms with van der Waals surface area (Å²) in [5.41, 5.74) is 1.00. The summed E-state index contributed by atoms with van der Waals surface area (Å²) in [6.45, 7) is 0.320. The first-order valence-electron chi connectivity index (χ1n) is 6.86. The zero-order valence-corrected chi connectivity index (χ0v) is 11.8. The van der Waals surface area contributed by atoms with Gasteiger partial charge in [0, 0.05) is 24.3 Å². The number of pyridine rings is 1. The lowest BCUT2D eigenvalue weighted by Crippen LogP contribution is -2.29. The molecule has 0 aliphatic rings. The van der Waals surface area contributed by atoms with E-state index < -0.39 is 0 Å². The first-order chi connectivity index (χ1) is 10.8. The van der Waals surface area contributed by atoms with E-state index in [9.17, 15) is 4.79 Å². The summed E-state index contributed by atoms with van der Waals surface area (Å²) >= 11 is 0. The van der Waals surface area contributed by atoms with Crippen LogP contribution in [0.3, 0.4) is 0 Å². The predicted molar refractivity (Wildman–Crippen MR) is 83.7 cm³/mol. The maximum atomic E-state index is 11.9. The molecule has 6 heteroatoms. The second-order valence-electron chi connectivity index (χ2n) is 4.57. The molecule has 0 aliphatic carbocycles. The van der Waals surface area contributed by atoms with Gasteiger partial charge in [-0.15, -0.1) is 0 Å². The van der Waals surface area contributed by atoms with E-state index in [1.54, 1.807) is 24.5 Å². The highest BCUT2D eigenvalue weighted by atomic mass is 16.2. The molecular weight excluding hydrogens is 278 g/mol. The molecule has 3 aromatic rings. The highest BCUT2D eigenvalue weighted by Gasteiger charge is 2.07. The highest BCUT2D eigenvalue weighted by Crippen LogP contribution is 2.09. The van der Waals surface area contributed by atoms with E-state index >= 15 is 0 Å². The molecule has 0 atom stereocenters. The Hall–Kier alpha value is -3.15. The van der Waals surface area contributed by atoms with Crippen LogP contribution in [-0.2, 0) is 6.54 Å². The van der Waals surface area contributed by atoms with Crippen LogP contribution in [0.1, 0.15) is 5.82 Å². The monoisotopic (exact) mass is 293 g/mol. The van der Waals surface area contributed by atoms with Gasteiger partial charge in [0.25, 0.3) is 0 Å². The minimum Gasteiger partial charge on any atom is -0.331 e. The third-order valence-electron chi connectivity index (χ3n) is 3.07. The van der Waals surface area contributed by atoms with E-state index in [1.165, 1.54) is 0 Å². The van der Waals surface area contributed by atoms with Crippen LogP contribution in [0.5, 0.6) is 0 Å². The number of hydrogen-bond donors (Lipinski definition) is 2. The van der Waals surface area contributed by atoms with Gasteiger partial charge in [0.2, 0.25) is 0 Å². The van der Waals surface area contributed by atoms with Crippen molar-refractivity contribution in [3.63, 3.8) is 0 Å². The predicted octanol–water partition coefficient (Wildman–Crippen LogP) is 2.59. The number of amides is 2. The number of rotatable bonds is 4. The SMILES string of the molecule is O=C(NCc1nccn1-c1ccccc1)Nc1ccccn1. The van der Waals surface area contributed by atoms with Crippen molar-refractivity contribution in [2.75, 3.05) is 5.32 Å². The molecule has 2 amide bonds. The smallest absolute Gasteiger partial charge is 0.320 e. The number of imidazole rings is 1. The fraction of sp³-hybridized carbons (Fsp3) is 0.0625. The first kappa shape index (κ1) is 13.8. The number of aromatic nitrogens is 3.